The molecule has 0 unspecified atom stereocenters. The molecule has 0 bridgehead atoms. The first-order chi connectivity index (χ1) is 8.69. The molecule has 1 saturated carbocycles. The van der Waals surface area contributed by atoms with Crippen LogP contribution in [0.4, 0.5) is 11.5 Å². The number of pyridine rings is 1. The molecule has 2 aliphatic rings. The van der Waals surface area contributed by atoms with Crippen molar-refractivity contribution in [2.75, 3.05) is 23.7 Å². The highest BCUT2D eigenvalue weighted by atomic mass is 15.2. The Morgan fingerprint density at radius 3 is 2.44 bits per heavy atom. The van der Waals surface area contributed by atoms with E-state index in [1.165, 1.54) is 38.5 Å². The van der Waals surface area contributed by atoms with E-state index >= 15 is 0 Å². The highest BCUT2D eigenvalue weighted by Gasteiger charge is 2.37. The zero-order valence-electron chi connectivity index (χ0n) is 11.3. The van der Waals surface area contributed by atoms with Gasteiger partial charge in [-0.05, 0) is 49.7 Å². The molecule has 2 fully saturated rings. The molecule has 2 N–H and O–H groups in total. The van der Waals surface area contributed by atoms with Crippen LogP contribution in [0.25, 0.3) is 0 Å². The predicted octanol–water partition coefficient (Wildman–Crippen LogP) is 3.13. The van der Waals surface area contributed by atoms with Crippen molar-refractivity contribution >= 4 is 11.5 Å². The van der Waals surface area contributed by atoms with E-state index in [4.69, 9.17) is 5.73 Å². The molecule has 0 radical (unpaired) electrons. The van der Waals surface area contributed by atoms with Crippen LogP contribution in [0.1, 0.15) is 44.1 Å². The number of aromatic nitrogens is 1. The molecule has 2 heterocycles. The Labute approximate surface area is 109 Å². The summed E-state index contributed by atoms with van der Waals surface area (Å²) in [6.45, 7) is 4.29. The van der Waals surface area contributed by atoms with Crippen LogP contribution in [0.5, 0.6) is 0 Å². The van der Waals surface area contributed by atoms with Gasteiger partial charge in [-0.3, -0.25) is 0 Å². The molecule has 1 aliphatic carbocycles. The van der Waals surface area contributed by atoms with Gasteiger partial charge in [0.15, 0.2) is 5.82 Å². The second-order valence-electron chi connectivity index (χ2n) is 6.12. The number of anilines is 2. The number of hydrogen-bond donors (Lipinski definition) is 1. The maximum absolute atomic E-state index is 6.09. The van der Waals surface area contributed by atoms with Gasteiger partial charge in [0.05, 0.1) is 5.69 Å². The monoisotopic (exact) mass is 245 g/mol. The van der Waals surface area contributed by atoms with Crippen molar-refractivity contribution in [3.8, 4) is 0 Å². The second kappa shape index (κ2) is 4.45. The standard InChI is InChI=1S/C15H23N3/c1-12-10-13(16)14(17-11-12)18-8-6-15(7-9-18)4-2-3-5-15/h10-11H,2-9,16H2,1H3. The summed E-state index contributed by atoms with van der Waals surface area (Å²) in [4.78, 5) is 6.89. The molecular formula is C15H23N3. The van der Waals surface area contributed by atoms with Gasteiger partial charge in [0.2, 0.25) is 0 Å². The number of piperidine rings is 1. The van der Waals surface area contributed by atoms with E-state index in [1.54, 1.807) is 0 Å². The first-order valence-electron chi connectivity index (χ1n) is 7.16. The molecule has 3 nitrogen and oxygen atoms in total. The topological polar surface area (TPSA) is 42.2 Å². The average molecular weight is 245 g/mol. The lowest BCUT2D eigenvalue weighted by Gasteiger charge is -2.40. The first-order valence-corrected chi connectivity index (χ1v) is 7.16. The Morgan fingerprint density at radius 2 is 1.83 bits per heavy atom. The number of nitrogen functional groups attached to an aromatic ring is 1. The van der Waals surface area contributed by atoms with Gasteiger partial charge in [-0.15, -0.1) is 0 Å². The summed E-state index contributed by atoms with van der Waals surface area (Å²) in [6.07, 6.45) is 10.3. The van der Waals surface area contributed by atoms with E-state index in [-0.39, 0.29) is 0 Å². The van der Waals surface area contributed by atoms with Crippen LogP contribution in [0.2, 0.25) is 0 Å². The average Bonchev–Trinajstić information content (AvgIpc) is 2.80. The fourth-order valence-corrected chi connectivity index (χ4v) is 3.67. The molecule has 0 amide bonds. The second-order valence-corrected chi connectivity index (χ2v) is 6.12. The van der Waals surface area contributed by atoms with Gasteiger partial charge in [0.25, 0.3) is 0 Å². The summed E-state index contributed by atoms with van der Waals surface area (Å²) in [5.74, 6) is 0.994. The summed E-state index contributed by atoms with van der Waals surface area (Å²) in [5.41, 5.74) is 8.73. The van der Waals surface area contributed by atoms with Crippen molar-refractivity contribution in [2.45, 2.75) is 45.4 Å². The van der Waals surface area contributed by atoms with Crippen molar-refractivity contribution in [1.29, 1.82) is 0 Å². The van der Waals surface area contributed by atoms with Crippen LogP contribution in [0.3, 0.4) is 0 Å². The third-order valence-corrected chi connectivity index (χ3v) is 4.82. The lowest BCUT2D eigenvalue weighted by Crippen LogP contribution is -2.39. The number of nitrogens with zero attached hydrogens (tertiary/aromatic N) is 2. The fourth-order valence-electron chi connectivity index (χ4n) is 3.67. The van der Waals surface area contributed by atoms with Crippen molar-refractivity contribution in [1.82, 2.24) is 4.98 Å². The molecule has 1 aromatic heterocycles. The molecule has 0 atom stereocenters. The Hall–Kier alpha value is -1.25. The minimum absolute atomic E-state index is 0.663. The van der Waals surface area contributed by atoms with Gasteiger partial charge in [0.1, 0.15) is 0 Å². The van der Waals surface area contributed by atoms with Crippen LogP contribution in [-0.2, 0) is 0 Å². The summed E-state index contributed by atoms with van der Waals surface area (Å²) >= 11 is 0. The molecule has 98 valence electrons. The molecule has 18 heavy (non-hydrogen) atoms. The largest absolute Gasteiger partial charge is 0.396 e. The van der Waals surface area contributed by atoms with Gasteiger partial charge in [-0.1, -0.05) is 12.8 Å². The molecule has 1 aliphatic heterocycles. The van der Waals surface area contributed by atoms with Crippen LogP contribution in [0.15, 0.2) is 12.3 Å². The quantitative estimate of drug-likeness (QED) is 0.826. The smallest absolute Gasteiger partial charge is 0.151 e. The Kier molecular flexibility index (Phi) is 2.92. The molecule has 3 rings (SSSR count). The van der Waals surface area contributed by atoms with E-state index in [0.717, 1.165) is 30.2 Å². The minimum Gasteiger partial charge on any atom is -0.396 e. The van der Waals surface area contributed by atoms with Crippen molar-refractivity contribution in [3.05, 3.63) is 17.8 Å². The molecule has 1 aromatic rings. The first kappa shape index (κ1) is 11.8. The van der Waals surface area contributed by atoms with Crippen LogP contribution in [0, 0.1) is 12.3 Å². The zero-order chi connectivity index (χ0) is 12.6. The molecule has 1 spiro atoms. The zero-order valence-corrected chi connectivity index (χ0v) is 11.3. The van der Waals surface area contributed by atoms with Gasteiger partial charge in [0, 0.05) is 19.3 Å². The summed E-state index contributed by atoms with van der Waals surface area (Å²) < 4.78 is 0. The normalized spacial score (nSPS) is 22.6. The van der Waals surface area contributed by atoms with E-state index in [9.17, 15) is 0 Å². The van der Waals surface area contributed by atoms with Crippen molar-refractivity contribution in [2.24, 2.45) is 5.41 Å². The van der Waals surface area contributed by atoms with E-state index in [1.807, 2.05) is 19.2 Å². The molecule has 3 heteroatoms. The van der Waals surface area contributed by atoms with Gasteiger partial charge >= 0.3 is 0 Å². The summed E-state index contributed by atoms with van der Waals surface area (Å²) in [6, 6.07) is 2.03. The van der Waals surface area contributed by atoms with E-state index < -0.39 is 0 Å². The van der Waals surface area contributed by atoms with Gasteiger partial charge in [-0.2, -0.15) is 0 Å². The molecular weight excluding hydrogens is 222 g/mol. The number of nitrogens with two attached hydrogens (primary N) is 1. The third-order valence-electron chi connectivity index (χ3n) is 4.82. The maximum atomic E-state index is 6.09. The SMILES string of the molecule is Cc1cnc(N2CCC3(CCCC3)CC2)c(N)c1. The summed E-state index contributed by atoms with van der Waals surface area (Å²) in [7, 11) is 0. The maximum Gasteiger partial charge on any atom is 0.151 e. The summed E-state index contributed by atoms with van der Waals surface area (Å²) in [5, 5.41) is 0. The Bertz CT molecular complexity index is 425. The predicted molar refractivity (Wildman–Crippen MR) is 75.7 cm³/mol. The van der Waals surface area contributed by atoms with E-state index in [0.29, 0.717) is 5.41 Å². The van der Waals surface area contributed by atoms with E-state index in [2.05, 4.69) is 9.88 Å². The van der Waals surface area contributed by atoms with Crippen molar-refractivity contribution < 1.29 is 0 Å². The Morgan fingerprint density at radius 1 is 1.17 bits per heavy atom. The van der Waals surface area contributed by atoms with Crippen LogP contribution in [-0.4, -0.2) is 18.1 Å². The highest BCUT2D eigenvalue weighted by molar-refractivity contribution is 5.63. The fraction of sp³-hybridized carbons (Fsp3) is 0.667. The molecule has 0 aromatic carbocycles. The highest BCUT2D eigenvalue weighted by Crippen LogP contribution is 2.46. The number of hydrogen-bond acceptors (Lipinski definition) is 3. The van der Waals surface area contributed by atoms with Crippen LogP contribution < -0.4 is 10.6 Å². The number of rotatable bonds is 1. The lowest BCUT2D eigenvalue weighted by molar-refractivity contribution is 0.226. The lowest BCUT2D eigenvalue weighted by atomic mass is 9.77. The van der Waals surface area contributed by atoms with Crippen molar-refractivity contribution in [3.63, 3.8) is 0 Å². The van der Waals surface area contributed by atoms with Gasteiger partial charge in [-0.25, -0.2) is 4.98 Å². The van der Waals surface area contributed by atoms with Crippen LogP contribution >= 0.6 is 0 Å². The minimum atomic E-state index is 0.663. The number of aryl methyl sites for hydroxylation is 1. The van der Waals surface area contributed by atoms with Gasteiger partial charge < -0.3 is 10.6 Å². The molecule has 1 saturated heterocycles. The third kappa shape index (κ3) is 2.06. The Balaban J connectivity index is 1.72.